The molecule has 0 radical (unpaired) electrons. The number of unbranched alkanes of at least 4 members (excludes halogenated alkanes) is 1. The molecule has 4 rings (SSSR count). The lowest BCUT2D eigenvalue weighted by molar-refractivity contribution is -0.114. The van der Waals surface area contributed by atoms with Crippen LogP contribution in [0.1, 0.15) is 74.2 Å². The minimum Gasteiger partial charge on any atom is -0.375 e. The van der Waals surface area contributed by atoms with Gasteiger partial charge in [0.25, 0.3) is 5.91 Å². The number of guanidine groups is 1. The summed E-state index contributed by atoms with van der Waals surface area (Å²) in [6.45, 7) is 4.13. The molecular formula is C22H34N4O2. The van der Waals surface area contributed by atoms with E-state index in [2.05, 4.69) is 29.4 Å². The first-order valence-corrected chi connectivity index (χ1v) is 10.6. The molecule has 3 aliphatic rings. The number of aliphatic imine (C=N–C) groups is 1. The summed E-state index contributed by atoms with van der Waals surface area (Å²) in [5, 5.41) is 2.97. The molecule has 0 saturated heterocycles. The Labute approximate surface area is 168 Å². The number of ether oxygens (including phenoxy) is 1. The van der Waals surface area contributed by atoms with Gasteiger partial charge in [-0.2, -0.15) is 0 Å². The Bertz CT molecular complexity index is 670. The SMILES string of the molecule is CCOC12CCC(c3ccc(C(=O)NCCCCN=C(N)N)cc3)(CC1)CC2. The summed E-state index contributed by atoms with van der Waals surface area (Å²) in [7, 11) is 0. The van der Waals surface area contributed by atoms with Crippen LogP contribution in [0.5, 0.6) is 0 Å². The van der Waals surface area contributed by atoms with E-state index in [0.717, 1.165) is 44.3 Å². The van der Waals surface area contributed by atoms with E-state index in [9.17, 15) is 4.79 Å². The average molecular weight is 387 g/mol. The van der Waals surface area contributed by atoms with Crippen molar-refractivity contribution in [3.05, 3.63) is 35.4 Å². The summed E-state index contributed by atoms with van der Waals surface area (Å²) in [4.78, 5) is 16.3. The quantitative estimate of drug-likeness (QED) is 0.345. The van der Waals surface area contributed by atoms with E-state index < -0.39 is 0 Å². The minimum absolute atomic E-state index is 0.0199. The molecule has 1 aromatic carbocycles. The molecule has 3 saturated carbocycles. The van der Waals surface area contributed by atoms with Gasteiger partial charge in [0.1, 0.15) is 0 Å². The summed E-state index contributed by atoms with van der Waals surface area (Å²) in [5.74, 6) is 0.0941. The highest BCUT2D eigenvalue weighted by Gasteiger charge is 2.49. The summed E-state index contributed by atoms with van der Waals surface area (Å²) in [5.41, 5.74) is 13.1. The molecule has 0 atom stereocenters. The molecule has 0 aromatic heterocycles. The Morgan fingerprint density at radius 1 is 1.07 bits per heavy atom. The monoisotopic (exact) mass is 386 g/mol. The van der Waals surface area contributed by atoms with Crippen LogP contribution in [-0.2, 0) is 10.2 Å². The molecule has 6 heteroatoms. The molecule has 28 heavy (non-hydrogen) atoms. The maximum atomic E-state index is 12.3. The maximum absolute atomic E-state index is 12.3. The molecule has 154 valence electrons. The summed E-state index contributed by atoms with van der Waals surface area (Å²) >= 11 is 0. The average Bonchev–Trinajstić information content (AvgIpc) is 2.72. The van der Waals surface area contributed by atoms with Gasteiger partial charge in [0.2, 0.25) is 0 Å². The van der Waals surface area contributed by atoms with Crippen molar-refractivity contribution in [3.8, 4) is 0 Å². The fraction of sp³-hybridized carbons (Fsp3) is 0.636. The van der Waals surface area contributed by atoms with Gasteiger partial charge in [0.05, 0.1) is 5.60 Å². The van der Waals surface area contributed by atoms with E-state index in [1.165, 1.54) is 24.8 Å². The zero-order valence-corrected chi connectivity index (χ0v) is 17.0. The number of nitrogens with one attached hydrogen (secondary N) is 1. The summed E-state index contributed by atoms with van der Waals surface area (Å²) in [6.07, 6.45) is 8.74. The molecule has 2 bridgehead atoms. The van der Waals surface area contributed by atoms with Crippen molar-refractivity contribution >= 4 is 11.9 Å². The van der Waals surface area contributed by atoms with Crippen LogP contribution in [0.4, 0.5) is 0 Å². The van der Waals surface area contributed by atoms with Gasteiger partial charge in [-0.3, -0.25) is 9.79 Å². The molecule has 1 aromatic rings. The first-order chi connectivity index (χ1) is 13.5. The van der Waals surface area contributed by atoms with Gasteiger partial charge in [-0.05, 0) is 81.4 Å². The van der Waals surface area contributed by atoms with E-state index in [0.29, 0.717) is 13.1 Å². The Balaban J connectivity index is 1.50. The van der Waals surface area contributed by atoms with Gasteiger partial charge >= 0.3 is 0 Å². The van der Waals surface area contributed by atoms with E-state index in [-0.39, 0.29) is 22.9 Å². The molecular weight excluding hydrogens is 352 g/mol. The molecule has 0 unspecified atom stereocenters. The van der Waals surface area contributed by atoms with Gasteiger partial charge in [0.15, 0.2) is 5.96 Å². The summed E-state index contributed by atoms with van der Waals surface area (Å²) in [6, 6.07) is 8.26. The van der Waals surface area contributed by atoms with Gasteiger partial charge < -0.3 is 21.5 Å². The molecule has 0 aliphatic heterocycles. The number of amides is 1. The second kappa shape index (κ2) is 8.95. The molecule has 3 fully saturated rings. The highest BCUT2D eigenvalue weighted by atomic mass is 16.5. The van der Waals surface area contributed by atoms with Crippen LogP contribution < -0.4 is 16.8 Å². The van der Waals surface area contributed by atoms with Gasteiger partial charge in [0, 0.05) is 25.3 Å². The van der Waals surface area contributed by atoms with E-state index in [4.69, 9.17) is 16.2 Å². The predicted molar refractivity (Wildman–Crippen MR) is 112 cm³/mol. The number of hydrogen-bond donors (Lipinski definition) is 3. The normalized spacial score (nSPS) is 26.0. The zero-order chi connectivity index (χ0) is 20.0. The highest BCUT2D eigenvalue weighted by molar-refractivity contribution is 5.94. The van der Waals surface area contributed by atoms with E-state index >= 15 is 0 Å². The number of hydrogen-bond acceptors (Lipinski definition) is 3. The predicted octanol–water partition coefficient (Wildman–Crippen LogP) is 2.85. The van der Waals surface area contributed by atoms with Crippen molar-refractivity contribution in [2.75, 3.05) is 19.7 Å². The van der Waals surface area contributed by atoms with Crippen molar-refractivity contribution in [1.82, 2.24) is 5.32 Å². The van der Waals surface area contributed by atoms with Crippen LogP contribution in [0.3, 0.4) is 0 Å². The Morgan fingerprint density at radius 3 is 2.29 bits per heavy atom. The fourth-order valence-corrected chi connectivity index (χ4v) is 4.83. The van der Waals surface area contributed by atoms with Gasteiger partial charge in [-0.25, -0.2) is 0 Å². The lowest BCUT2D eigenvalue weighted by atomic mass is 9.56. The van der Waals surface area contributed by atoms with Crippen molar-refractivity contribution in [2.45, 2.75) is 69.3 Å². The molecule has 6 nitrogen and oxygen atoms in total. The van der Waals surface area contributed by atoms with Crippen LogP contribution in [0, 0.1) is 0 Å². The van der Waals surface area contributed by atoms with Crippen LogP contribution in [0.25, 0.3) is 0 Å². The van der Waals surface area contributed by atoms with Gasteiger partial charge in [-0.15, -0.1) is 0 Å². The third kappa shape index (κ3) is 4.66. The number of nitrogens with two attached hydrogens (primary N) is 2. The Hall–Kier alpha value is -2.08. The minimum atomic E-state index is -0.0199. The van der Waals surface area contributed by atoms with Crippen molar-refractivity contribution < 1.29 is 9.53 Å². The first kappa shape index (κ1) is 20.6. The van der Waals surface area contributed by atoms with Crippen molar-refractivity contribution in [2.24, 2.45) is 16.5 Å². The molecule has 3 aliphatic carbocycles. The van der Waals surface area contributed by atoms with Crippen molar-refractivity contribution in [3.63, 3.8) is 0 Å². The second-order valence-corrected chi connectivity index (χ2v) is 8.24. The molecule has 0 heterocycles. The largest absolute Gasteiger partial charge is 0.375 e. The number of rotatable bonds is 9. The zero-order valence-electron chi connectivity index (χ0n) is 17.0. The summed E-state index contributed by atoms with van der Waals surface area (Å²) < 4.78 is 6.09. The highest BCUT2D eigenvalue weighted by Crippen LogP contribution is 2.54. The number of benzene rings is 1. The number of fused-ring (bicyclic) bond motifs is 3. The van der Waals surface area contributed by atoms with Crippen LogP contribution in [0.2, 0.25) is 0 Å². The van der Waals surface area contributed by atoms with Crippen LogP contribution in [0.15, 0.2) is 29.3 Å². The first-order valence-electron chi connectivity index (χ1n) is 10.6. The topological polar surface area (TPSA) is 103 Å². The Morgan fingerprint density at radius 2 is 1.71 bits per heavy atom. The van der Waals surface area contributed by atoms with E-state index in [1.807, 2.05) is 12.1 Å². The third-order valence-corrected chi connectivity index (χ3v) is 6.55. The molecule has 5 N–H and O–H groups in total. The van der Waals surface area contributed by atoms with Crippen molar-refractivity contribution in [1.29, 1.82) is 0 Å². The smallest absolute Gasteiger partial charge is 0.251 e. The molecule has 1 amide bonds. The lowest BCUT2D eigenvalue weighted by Crippen LogP contribution is -2.49. The van der Waals surface area contributed by atoms with Gasteiger partial charge in [-0.1, -0.05) is 12.1 Å². The second-order valence-electron chi connectivity index (χ2n) is 8.24. The third-order valence-electron chi connectivity index (χ3n) is 6.55. The number of nitrogens with zero attached hydrogens (tertiary/aromatic N) is 1. The standard InChI is InChI=1S/C22H34N4O2/c1-2-28-22-12-9-21(10-13-22,11-14-22)18-7-5-17(6-8-18)19(27)25-15-3-4-16-26-20(23)24/h5-8H,2-4,9-16H2,1H3,(H,25,27)(H4,23,24,26). The molecule has 0 spiro atoms. The number of carbonyl (C=O) groups excluding carboxylic acids is 1. The van der Waals surface area contributed by atoms with E-state index in [1.54, 1.807) is 0 Å². The van der Waals surface area contributed by atoms with Crippen LogP contribution in [-0.4, -0.2) is 37.2 Å². The fourth-order valence-electron chi connectivity index (χ4n) is 4.83. The Kier molecular flexibility index (Phi) is 6.60. The number of carbonyl (C=O) groups is 1. The maximum Gasteiger partial charge on any atom is 0.251 e. The lowest BCUT2D eigenvalue weighted by Gasteiger charge is -2.53. The van der Waals surface area contributed by atoms with Crippen LogP contribution >= 0.6 is 0 Å².